The third kappa shape index (κ3) is 2.97. The number of hydrogen-bond donors (Lipinski definition) is 1. The largest absolute Gasteiger partial charge is 0.492 e. The van der Waals surface area contributed by atoms with Gasteiger partial charge in [0, 0.05) is 13.6 Å². The highest BCUT2D eigenvalue weighted by Crippen LogP contribution is 2.25. The SMILES string of the molecule is CN(N)CCOc1ccc2c(c1)CCCC2. The summed E-state index contributed by atoms with van der Waals surface area (Å²) in [7, 11) is 1.84. The molecule has 1 aromatic rings. The van der Waals surface area contributed by atoms with E-state index in [1.807, 2.05) is 7.05 Å². The van der Waals surface area contributed by atoms with Gasteiger partial charge in [-0.25, -0.2) is 5.01 Å². The summed E-state index contributed by atoms with van der Waals surface area (Å²) in [6.45, 7) is 1.39. The molecule has 3 heteroatoms. The Hall–Kier alpha value is -1.06. The van der Waals surface area contributed by atoms with Crippen LogP contribution in [0, 0.1) is 0 Å². The normalized spacial score (nSPS) is 14.9. The molecule has 0 spiro atoms. The zero-order valence-electron chi connectivity index (χ0n) is 9.91. The number of hydrogen-bond acceptors (Lipinski definition) is 3. The molecule has 2 N–H and O–H groups in total. The highest BCUT2D eigenvalue weighted by Gasteiger charge is 2.09. The van der Waals surface area contributed by atoms with Gasteiger partial charge in [0.1, 0.15) is 12.4 Å². The Morgan fingerprint density at radius 2 is 2.00 bits per heavy atom. The van der Waals surface area contributed by atoms with Gasteiger partial charge in [-0.05, 0) is 48.9 Å². The van der Waals surface area contributed by atoms with E-state index in [0.717, 1.165) is 12.3 Å². The first-order chi connectivity index (χ1) is 7.75. The van der Waals surface area contributed by atoms with Crippen LogP contribution in [-0.2, 0) is 12.8 Å². The van der Waals surface area contributed by atoms with Crippen molar-refractivity contribution < 1.29 is 4.74 Å². The third-order valence-corrected chi connectivity index (χ3v) is 3.03. The molecule has 0 aromatic heterocycles. The number of rotatable bonds is 4. The van der Waals surface area contributed by atoms with Gasteiger partial charge in [-0.1, -0.05) is 6.07 Å². The van der Waals surface area contributed by atoms with Crippen LogP contribution in [-0.4, -0.2) is 25.2 Å². The number of nitrogens with zero attached hydrogens (tertiary/aromatic N) is 1. The fraction of sp³-hybridized carbons (Fsp3) is 0.538. The summed E-state index contributed by atoms with van der Waals surface area (Å²) in [5.74, 6) is 6.50. The highest BCUT2D eigenvalue weighted by molar-refractivity contribution is 5.37. The molecule has 1 aliphatic rings. The van der Waals surface area contributed by atoms with E-state index in [1.54, 1.807) is 5.01 Å². The standard InChI is InChI=1S/C13H20N2O/c1-15(14)8-9-16-13-7-6-11-4-2-3-5-12(11)10-13/h6-7,10H,2-5,8-9,14H2,1H3. The van der Waals surface area contributed by atoms with Crippen molar-refractivity contribution in [1.29, 1.82) is 0 Å². The van der Waals surface area contributed by atoms with Gasteiger partial charge < -0.3 is 4.74 Å². The molecular formula is C13H20N2O. The van der Waals surface area contributed by atoms with E-state index in [4.69, 9.17) is 10.6 Å². The van der Waals surface area contributed by atoms with Crippen molar-refractivity contribution >= 4 is 0 Å². The minimum Gasteiger partial charge on any atom is -0.492 e. The molecule has 2 rings (SSSR count). The quantitative estimate of drug-likeness (QED) is 0.620. The van der Waals surface area contributed by atoms with E-state index in [1.165, 1.54) is 36.8 Å². The van der Waals surface area contributed by atoms with E-state index in [9.17, 15) is 0 Å². The first-order valence-corrected chi connectivity index (χ1v) is 5.96. The summed E-state index contributed by atoms with van der Waals surface area (Å²) < 4.78 is 5.66. The van der Waals surface area contributed by atoms with E-state index in [-0.39, 0.29) is 0 Å². The molecule has 0 atom stereocenters. The Balaban J connectivity index is 1.95. The van der Waals surface area contributed by atoms with Crippen molar-refractivity contribution in [2.24, 2.45) is 5.84 Å². The molecule has 1 aliphatic carbocycles. The molecule has 0 radical (unpaired) electrons. The van der Waals surface area contributed by atoms with Crippen molar-refractivity contribution in [2.45, 2.75) is 25.7 Å². The fourth-order valence-corrected chi connectivity index (χ4v) is 2.11. The van der Waals surface area contributed by atoms with Crippen LogP contribution in [0.15, 0.2) is 18.2 Å². The van der Waals surface area contributed by atoms with Gasteiger partial charge in [-0.15, -0.1) is 0 Å². The molecule has 1 aromatic carbocycles. The fourth-order valence-electron chi connectivity index (χ4n) is 2.11. The Labute approximate surface area is 97.2 Å². The Morgan fingerprint density at radius 3 is 2.75 bits per heavy atom. The zero-order chi connectivity index (χ0) is 11.4. The summed E-state index contributed by atoms with van der Waals surface area (Å²) in [5.41, 5.74) is 2.96. The van der Waals surface area contributed by atoms with Crippen LogP contribution >= 0.6 is 0 Å². The maximum absolute atomic E-state index is 5.66. The van der Waals surface area contributed by atoms with Crippen LogP contribution in [0.1, 0.15) is 24.0 Å². The summed E-state index contributed by atoms with van der Waals surface area (Å²) >= 11 is 0. The highest BCUT2D eigenvalue weighted by atomic mass is 16.5. The monoisotopic (exact) mass is 220 g/mol. The molecule has 88 valence electrons. The van der Waals surface area contributed by atoms with Gasteiger partial charge in [0.15, 0.2) is 0 Å². The van der Waals surface area contributed by atoms with Crippen LogP contribution in [0.3, 0.4) is 0 Å². The predicted octanol–water partition coefficient (Wildman–Crippen LogP) is 1.75. The van der Waals surface area contributed by atoms with Gasteiger partial charge in [0.2, 0.25) is 0 Å². The lowest BCUT2D eigenvalue weighted by Crippen LogP contribution is -2.30. The van der Waals surface area contributed by atoms with Gasteiger partial charge >= 0.3 is 0 Å². The molecule has 0 fully saturated rings. The summed E-state index contributed by atoms with van der Waals surface area (Å²) in [6, 6.07) is 6.46. The van der Waals surface area contributed by atoms with Crippen molar-refractivity contribution in [2.75, 3.05) is 20.2 Å². The van der Waals surface area contributed by atoms with Crippen LogP contribution in [0.4, 0.5) is 0 Å². The van der Waals surface area contributed by atoms with Gasteiger partial charge in [0.25, 0.3) is 0 Å². The Bertz CT molecular complexity index is 350. The molecule has 0 unspecified atom stereocenters. The zero-order valence-corrected chi connectivity index (χ0v) is 9.91. The maximum atomic E-state index is 5.66. The minimum atomic E-state index is 0.645. The van der Waals surface area contributed by atoms with Crippen LogP contribution in [0.25, 0.3) is 0 Å². The van der Waals surface area contributed by atoms with Crippen molar-refractivity contribution in [3.05, 3.63) is 29.3 Å². The van der Waals surface area contributed by atoms with Gasteiger partial charge in [-0.2, -0.15) is 0 Å². The molecule has 0 saturated carbocycles. The van der Waals surface area contributed by atoms with E-state index in [2.05, 4.69) is 18.2 Å². The Morgan fingerprint density at radius 1 is 1.25 bits per heavy atom. The summed E-state index contributed by atoms with van der Waals surface area (Å²) in [4.78, 5) is 0. The molecule has 0 amide bonds. The molecule has 0 saturated heterocycles. The first kappa shape index (κ1) is 11.4. The van der Waals surface area contributed by atoms with Gasteiger partial charge in [0.05, 0.1) is 0 Å². The van der Waals surface area contributed by atoms with Crippen LogP contribution in [0.2, 0.25) is 0 Å². The Kier molecular flexibility index (Phi) is 3.80. The number of nitrogens with two attached hydrogens (primary N) is 1. The number of hydrazine groups is 1. The molecule has 16 heavy (non-hydrogen) atoms. The second-order valence-electron chi connectivity index (χ2n) is 4.47. The van der Waals surface area contributed by atoms with Crippen molar-refractivity contribution in [3.8, 4) is 5.75 Å². The number of aryl methyl sites for hydroxylation is 2. The average molecular weight is 220 g/mol. The van der Waals surface area contributed by atoms with Crippen molar-refractivity contribution in [3.63, 3.8) is 0 Å². The smallest absolute Gasteiger partial charge is 0.119 e. The molecular weight excluding hydrogens is 200 g/mol. The van der Waals surface area contributed by atoms with Gasteiger partial charge in [-0.3, -0.25) is 5.84 Å². The van der Waals surface area contributed by atoms with Crippen LogP contribution in [0.5, 0.6) is 5.75 Å². The number of fused-ring (bicyclic) bond motifs is 1. The van der Waals surface area contributed by atoms with E-state index < -0.39 is 0 Å². The lowest BCUT2D eigenvalue weighted by molar-refractivity contribution is 0.241. The average Bonchev–Trinajstić information content (AvgIpc) is 2.28. The third-order valence-electron chi connectivity index (χ3n) is 3.03. The topological polar surface area (TPSA) is 38.5 Å². The second kappa shape index (κ2) is 5.32. The number of benzene rings is 1. The minimum absolute atomic E-state index is 0.645. The summed E-state index contributed by atoms with van der Waals surface area (Å²) in [5, 5.41) is 1.64. The molecule has 0 bridgehead atoms. The summed E-state index contributed by atoms with van der Waals surface area (Å²) in [6.07, 6.45) is 5.05. The number of ether oxygens (including phenoxy) is 1. The first-order valence-electron chi connectivity index (χ1n) is 5.96. The maximum Gasteiger partial charge on any atom is 0.119 e. The van der Waals surface area contributed by atoms with E-state index >= 15 is 0 Å². The molecule has 0 heterocycles. The van der Waals surface area contributed by atoms with Crippen LogP contribution < -0.4 is 10.6 Å². The van der Waals surface area contributed by atoms with Crippen molar-refractivity contribution in [1.82, 2.24) is 5.01 Å². The lowest BCUT2D eigenvalue weighted by Gasteiger charge is -2.17. The molecule has 3 nitrogen and oxygen atoms in total. The second-order valence-corrected chi connectivity index (χ2v) is 4.47. The number of likely N-dealkylation sites (N-methyl/N-ethyl adjacent to an activating group) is 1. The molecule has 0 aliphatic heterocycles. The lowest BCUT2D eigenvalue weighted by atomic mass is 9.92. The van der Waals surface area contributed by atoms with E-state index in [0.29, 0.717) is 6.61 Å². The predicted molar refractivity (Wildman–Crippen MR) is 65.4 cm³/mol.